The number of aliphatic hydroxyl groups excluding tert-OH is 1. The molecule has 16 heavy (non-hydrogen) atoms. The number of morpholine rings is 1. The molecule has 2 atom stereocenters. The van der Waals surface area contributed by atoms with Gasteiger partial charge in [0.05, 0.1) is 19.3 Å². The van der Waals surface area contributed by atoms with Crippen LogP contribution in [0.3, 0.4) is 0 Å². The molecule has 0 aromatic carbocycles. The quantitative estimate of drug-likeness (QED) is 0.669. The summed E-state index contributed by atoms with van der Waals surface area (Å²) in [5.41, 5.74) is 0.804. The van der Waals surface area contributed by atoms with E-state index in [4.69, 9.17) is 14.9 Å². The molecule has 0 bridgehead atoms. The van der Waals surface area contributed by atoms with E-state index in [-0.39, 0.29) is 18.8 Å². The number of aliphatic hydroxyl groups is 1. The Morgan fingerprint density at radius 2 is 2.31 bits per heavy atom. The number of rotatable bonds is 4. The summed E-state index contributed by atoms with van der Waals surface area (Å²) in [7, 11) is 0. The van der Waals surface area contributed by atoms with Gasteiger partial charge in [0.25, 0.3) is 0 Å². The molecular weight excluding hydrogens is 210 g/mol. The Labute approximate surface area is 95.3 Å². The molecule has 0 aromatic heterocycles. The van der Waals surface area contributed by atoms with Crippen molar-refractivity contribution >= 4 is 5.97 Å². The van der Waals surface area contributed by atoms with E-state index < -0.39 is 5.97 Å². The number of nitrogens with zero attached hydrogens (tertiary/aromatic N) is 1. The molecule has 0 radical (unpaired) electrons. The molecule has 1 rings (SSSR count). The third-order valence-corrected chi connectivity index (χ3v) is 2.66. The van der Waals surface area contributed by atoms with E-state index in [0.717, 1.165) is 5.57 Å². The van der Waals surface area contributed by atoms with E-state index in [1.807, 2.05) is 6.92 Å². The van der Waals surface area contributed by atoms with Crippen molar-refractivity contribution in [3.63, 3.8) is 0 Å². The molecule has 0 aliphatic carbocycles. The SMILES string of the molecule is CC(=CC(=O)O)CN1CC(CO)OCC1C. The van der Waals surface area contributed by atoms with Crippen LogP contribution in [0.5, 0.6) is 0 Å². The summed E-state index contributed by atoms with van der Waals surface area (Å²) < 4.78 is 5.40. The molecule has 0 saturated carbocycles. The molecule has 1 aliphatic rings. The number of aliphatic carboxylic acids is 1. The molecular formula is C11H19NO4. The van der Waals surface area contributed by atoms with E-state index in [1.54, 1.807) is 6.92 Å². The minimum Gasteiger partial charge on any atom is -0.478 e. The van der Waals surface area contributed by atoms with Gasteiger partial charge in [-0.3, -0.25) is 4.90 Å². The van der Waals surface area contributed by atoms with Crippen molar-refractivity contribution in [2.75, 3.05) is 26.3 Å². The number of hydrogen-bond acceptors (Lipinski definition) is 4. The van der Waals surface area contributed by atoms with E-state index in [1.165, 1.54) is 6.08 Å². The Morgan fingerprint density at radius 3 is 2.88 bits per heavy atom. The Morgan fingerprint density at radius 1 is 1.62 bits per heavy atom. The second-order valence-electron chi connectivity index (χ2n) is 4.25. The minimum atomic E-state index is -0.919. The van der Waals surface area contributed by atoms with Crippen LogP contribution >= 0.6 is 0 Å². The lowest BCUT2D eigenvalue weighted by atomic mass is 10.1. The number of carboxylic acids is 1. The fourth-order valence-electron chi connectivity index (χ4n) is 1.78. The largest absolute Gasteiger partial charge is 0.478 e. The third kappa shape index (κ3) is 3.92. The fraction of sp³-hybridized carbons (Fsp3) is 0.727. The standard InChI is InChI=1S/C11H19NO4/c1-8(3-11(14)15)4-12-5-10(6-13)16-7-9(12)2/h3,9-10,13H,4-7H2,1-2H3,(H,14,15). The predicted octanol–water partition coefficient (Wildman–Crippen LogP) is 0.0989. The first-order valence-electron chi connectivity index (χ1n) is 5.39. The van der Waals surface area contributed by atoms with Crippen molar-refractivity contribution in [2.24, 2.45) is 0 Å². The van der Waals surface area contributed by atoms with Gasteiger partial charge in [-0.2, -0.15) is 0 Å². The Balaban J connectivity index is 2.54. The van der Waals surface area contributed by atoms with Gasteiger partial charge in [-0.15, -0.1) is 0 Å². The first kappa shape index (κ1) is 13.2. The molecule has 0 amide bonds. The number of hydrogen-bond donors (Lipinski definition) is 2. The van der Waals surface area contributed by atoms with Gasteiger partial charge in [0.2, 0.25) is 0 Å². The van der Waals surface area contributed by atoms with Crippen LogP contribution in [0.25, 0.3) is 0 Å². The summed E-state index contributed by atoms with van der Waals surface area (Å²) in [6.45, 7) is 5.65. The van der Waals surface area contributed by atoms with E-state index in [2.05, 4.69) is 4.90 Å². The molecule has 2 N–H and O–H groups in total. The summed E-state index contributed by atoms with van der Waals surface area (Å²) in [6, 6.07) is 0.250. The predicted molar refractivity (Wildman–Crippen MR) is 59.3 cm³/mol. The zero-order chi connectivity index (χ0) is 12.1. The van der Waals surface area contributed by atoms with E-state index in [9.17, 15) is 4.79 Å². The maximum absolute atomic E-state index is 10.5. The summed E-state index contributed by atoms with van der Waals surface area (Å²) in [4.78, 5) is 12.6. The van der Waals surface area contributed by atoms with Crippen molar-refractivity contribution in [1.29, 1.82) is 0 Å². The van der Waals surface area contributed by atoms with Crippen LogP contribution in [0.2, 0.25) is 0 Å². The number of carbonyl (C=O) groups is 1. The van der Waals surface area contributed by atoms with Gasteiger partial charge in [0.15, 0.2) is 0 Å². The van der Waals surface area contributed by atoms with Crippen LogP contribution < -0.4 is 0 Å². The van der Waals surface area contributed by atoms with Crippen molar-refractivity contribution in [1.82, 2.24) is 4.90 Å². The Bertz CT molecular complexity index is 277. The Hall–Kier alpha value is -0.910. The molecule has 1 fully saturated rings. The molecule has 2 unspecified atom stereocenters. The molecule has 1 aliphatic heterocycles. The highest BCUT2D eigenvalue weighted by Crippen LogP contribution is 2.13. The van der Waals surface area contributed by atoms with Crippen LogP contribution in [0, 0.1) is 0 Å². The second-order valence-corrected chi connectivity index (χ2v) is 4.25. The van der Waals surface area contributed by atoms with E-state index >= 15 is 0 Å². The normalized spacial score (nSPS) is 28.1. The summed E-state index contributed by atoms with van der Waals surface area (Å²) >= 11 is 0. The first-order chi connectivity index (χ1) is 7.52. The summed E-state index contributed by atoms with van der Waals surface area (Å²) in [5.74, 6) is -0.919. The highest BCUT2D eigenvalue weighted by atomic mass is 16.5. The van der Waals surface area contributed by atoms with Gasteiger partial charge >= 0.3 is 5.97 Å². The van der Waals surface area contributed by atoms with Crippen LogP contribution in [-0.2, 0) is 9.53 Å². The van der Waals surface area contributed by atoms with Crippen molar-refractivity contribution in [2.45, 2.75) is 26.0 Å². The summed E-state index contributed by atoms with van der Waals surface area (Å²) in [6.07, 6.45) is 1.06. The molecule has 5 nitrogen and oxygen atoms in total. The molecule has 1 saturated heterocycles. The lowest BCUT2D eigenvalue weighted by Crippen LogP contribution is -2.49. The average molecular weight is 229 g/mol. The molecule has 92 valence electrons. The highest BCUT2D eigenvalue weighted by molar-refractivity contribution is 5.80. The van der Waals surface area contributed by atoms with Gasteiger partial charge in [-0.05, 0) is 13.8 Å². The van der Waals surface area contributed by atoms with Gasteiger partial charge in [-0.1, -0.05) is 5.57 Å². The smallest absolute Gasteiger partial charge is 0.328 e. The Kier molecular flexibility index (Phi) is 4.92. The van der Waals surface area contributed by atoms with Gasteiger partial charge in [0.1, 0.15) is 0 Å². The number of carboxylic acid groups (broad SMARTS) is 1. The zero-order valence-corrected chi connectivity index (χ0v) is 9.72. The minimum absolute atomic E-state index is 0.00487. The topological polar surface area (TPSA) is 70.0 Å². The molecule has 0 spiro atoms. The molecule has 1 heterocycles. The first-order valence-corrected chi connectivity index (χ1v) is 5.39. The van der Waals surface area contributed by atoms with Crippen molar-refractivity contribution in [3.05, 3.63) is 11.6 Å². The average Bonchev–Trinajstić information content (AvgIpc) is 2.20. The van der Waals surface area contributed by atoms with Crippen LogP contribution in [0.1, 0.15) is 13.8 Å². The van der Waals surface area contributed by atoms with Crippen LogP contribution in [0.4, 0.5) is 0 Å². The lowest BCUT2D eigenvalue weighted by molar-refractivity contribution is -0.131. The third-order valence-electron chi connectivity index (χ3n) is 2.66. The zero-order valence-electron chi connectivity index (χ0n) is 9.72. The number of ether oxygens (including phenoxy) is 1. The molecule has 5 heteroatoms. The van der Waals surface area contributed by atoms with E-state index in [0.29, 0.717) is 19.7 Å². The summed E-state index contributed by atoms with van der Waals surface area (Å²) in [5, 5.41) is 17.6. The van der Waals surface area contributed by atoms with Gasteiger partial charge < -0.3 is 14.9 Å². The van der Waals surface area contributed by atoms with Crippen LogP contribution in [0.15, 0.2) is 11.6 Å². The van der Waals surface area contributed by atoms with Crippen molar-refractivity contribution < 1.29 is 19.7 Å². The second kappa shape index (κ2) is 5.98. The van der Waals surface area contributed by atoms with Crippen molar-refractivity contribution in [3.8, 4) is 0 Å². The van der Waals surface area contributed by atoms with Gasteiger partial charge in [0, 0.05) is 25.2 Å². The van der Waals surface area contributed by atoms with Crippen LogP contribution in [-0.4, -0.2) is 59.5 Å². The molecule has 0 aromatic rings. The maximum atomic E-state index is 10.5. The maximum Gasteiger partial charge on any atom is 0.328 e. The van der Waals surface area contributed by atoms with Gasteiger partial charge in [-0.25, -0.2) is 4.79 Å². The monoisotopic (exact) mass is 229 g/mol. The fourth-order valence-corrected chi connectivity index (χ4v) is 1.78. The highest BCUT2D eigenvalue weighted by Gasteiger charge is 2.25. The lowest BCUT2D eigenvalue weighted by Gasteiger charge is -2.37.